The molecule has 2 heterocycles. The fourth-order valence-electron chi connectivity index (χ4n) is 3.10. The van der Waals surface area contributed by atoms with Crippen molar-refractivity contribution in [1.82, 2.24) is 4.90 Å². The number of piperidine rings is 1. The molecule has 1 unspecified atom stereocenters. The van der Waals surface area contributed by atoms with Gasteiger partial charge >= 0.3 is 0 Å². The van der Waals surface area contributed by atoms with Crippen LogP contribution < -0.4 is 4.90 Å². The Kier molecular flexibility index (Phi) is 3.57. The van der Waals surface area contributed by atoms with Crippen molar-refractivity contribution >= 4 is 17.5 Å². The Morgan fingerprint density at radius 1 is 1.00 bits per heavy atom. The minimum atomic E-state index is -0.246. The zero-order valence-corrected chi connectivity index (χ0v) is 11.8. The minimum absolute atomic E-state index is 0.0549. The number of rotatable bonds is 2. The summed E-state index contributed by atoms with van der Waals surface area (Å²) in [4.78, 5) is 28.3. The van der Waals surface area contributed by atoms with E-state index in [1.807, 2.05) is 31.2 Å². The molecule has 2 amide bonds. The lowest BCUT2D eigenvalue weighted by Crippen LogP contribution is -2.44. The fourth-order valence-corrected chi connectivity index (χ4v) is 3.10. The SMILES string of the molecule is Cc1ccc(N2C(=O)CC(N3CCCCC3)C2=O)cc1. The topological polar surface area (TPSA) is 40.6 Å². The van der Waals surface area contributed by atoms with Crippen molar-refractivity contribution in [2.24, 2.45) is 0 Å². The van der Waals surface area contributed by atoms with Gasteiger partial charge in [0.15, 0.2) is 0 Å². The normalized spacial score (nSPS) is 24.4. The van der Waals surface area contributed by atoms with Crippen LogP contribution in [0.1, 0.15) is 31.2 Å². The number of benzene rings is 1. The van der Waals surface area contributed by atoms with Crippen LogP contribution in [0, 0.1) is 6.92 Å². The van der Waals surface area contributed by atoms with E-state index in [9.17, 15) is 9.59 Å². The summed E-state index contributed by atoms with van der Waals surface area (Å²) in [5, 5.41) is 0. The number of aryl methyl sites for hydroxylation is 1. The molecule has 0 N–H and O–H groups in total. The van der Waals surface area contributed by atoms with Gasteiger partial charge in [0.1, 0.15) is 0 Å². The number of amides is 2. The highest BCUT2D eigenvalue weighted by molar-refractivity contribution is 6.22. The summed E-state index contributed by atoms with van der Waals surface area (Å²) < 4.78 is 0. The van der Waals surface area contributed by atoms with E-state index >= 15 is 0 Å². The molecule has 4 heteroatoms. The van der Waals surface area contributed by atoms with E-state index in [1.165, 1.54) is 11.3 Å². The Morgan fingerprint density at radius 3 is 2.30 bits per heavy atom. The van der Waals surface area contributed by atoms with Gasteiger partial charge in [-0.3, -0.25) is 14.5 Å². The highest BCUT2D eigenvalue weighted by Gasteiger charge is 2.42. The van der Waals surface area contributed by atoms with Gasteiger partial charge in [-0.1, -0.05) is 24.1 Å². The molecule has 0 saturated carbocycles. The highest BCUT2D eigenvalue weighted by atomic mass is 16.2. The van der Waals surface area contributed by atoms with Gasteiger partial charge in [-0.15, -0.1) is 0 Å². The molecule has 2 fully saturated rings. The van der Waals surface area contributed by atoms with Crippen molar-refractivity contribution < 1.29 is 9.59 Å². The summed E-state index contributed by atoms with van der Waals surface area (Å²) in [5.74, 6) is -0.129. The molecule has 0 spiro atoms. The van der Waals surface area contributed by atoms with Crippen molar-refractivity contribution in [1.29, 1.82) is 0 Å². The van der Waals surface area contributed by atoms with E-state index in [0.717, 1.165) is 31.5 Å². The number of carbonyl (C=O) groups is 2. The second-order valence-corrected chi connectivity index (χ2v) is 5.72. The zero-order valence-electron chi connectivity index (χ0n) is 11.8. The molecule has 2 saturated heterocycles. The highest BCUT2D eigenvalue weighted by Crippen LogP contribution is 2.27. The predicted octanol–water partition coefficient (Wildman–Crippen LogP) is 2.11. The van der Waals surface area contributed by atoms with E-state index in [0.29, 0.717) is 12.1 Å². The van der Waals surface area contributed by atoms with Gasteiger partial charge in [0.2, 0.25) is 5.91 Å². The molecule has 3 rings (SSSR count). The maximum absolute atomic E-state index is 12.6. The van der Waals surface area contributed by atoms with Gasteiger partial charge in [0, 0.05) is 0 Å². The molecule has 0 radical (unpaired) electrons. The summed E-state index contributed by atoms with van der Waals surface area (Å²) in [7, 11) is 0. The van der Waals surface area contributed by atoms with Crippen LogP contribution >= 0.6 is 0 Å². The lowest BCUT2D eigenvalue weighted by atomic mass is 10.1. The van der Waals surface area contributed by atoms with Crippen LogP contribution in [-0.4, -0.2) is 35.8 Å². The van der Waals surface area contributed by atoms with Gasteiger partial charge in [0.05, 0.1) is 18.2 Å². The van der Waals surface area contributed by atoms with Crippen LogP contribution in [0.4, 0.5) is 5.69 Å². The predicted molar refractivity (Wildman–Crippen MR) is 77.5 cm³/mol. The molecule has 0 aromatic heterocycles. The summed E-state index contributed by atoms with van der Waals surface area (Å²) >= 11 is 0. The van der Waals surface area contributed by atoms with E-state index in [1.54, 1.807) is 0 Å². The number of hydrogen-bond acceptors (Lipinski definition) is 3. The number of imide groups is 1. The molecule has 2 aliphatic rings. The number of hydrogen-bond donors (Lipinski definition) is 0. The fraction of sp³-hybridized carbons (Fsp3) is 0.500. The summed E-state index contributed by atoms with van der Waals surface area (Å²) in [6, 6.07) is 7.32. The number of carbonyl (C=O) groups excluding carboxylic acids is 2. The minimum Gasteiger partial charge on any atom is -0.292 e. The van der Waals surface area contributed by atoms with Gasteiger partial charge in [0.25, 0.3) is 5.91 Å². The molecule has 20 heavy (non-hydrogen) atoms. The zero-order chi connectivity index (χ0) is 14.1. The Labute approximate surface area is 119 Å². The first-order valence-electron chi connectivity index (χ1n) is 7.34. The van der Waals surface area contributed by atoms with Crippen LogP contribution in [0.25, 0.3) is 0 Å². The standard InChI is InChI=1S/C16H20N2O2/c1-12-5-7-13(8-6-12)18-15(19)11-14(16(18)20)17-9-3-2-4-10-17/h5-8,14H,2-4,9-11H2,1H3. The average molecular weight is 272 g/mol. The monoisotopic (exact) mass is 272 g/mol. The van der Waals surface area contributed by atoms with Crippen LogP contribution in [0.2, 0.25) is 0 Å². The smallest absolute Gasteiger partial charge is 0.251 e. The quantitative estimate of drug-likeness (QED) is 0.774. The Morgan fingerprint density at radius 2 is 1.65 bits per heavy atom. The average Bonchev–Trinajstić information content (AvgIpc) is 2.76. The maximum atomic E-state index is 12.6. The molecular weight excluding hydrogens is 252 g/mol. The van der Waals surface area contributed by atoms with Crippen molar-refractivity contribution in [2.45, 2.75) is 38.6 Å². The second kappa shape index (κ2) is 5.37. The first kappa shape index (κ1) is 13.3. The maximum Gasteiger partial charge on any atom is 0.251 e. The van der Waals surface area contributed by atoms with Crippen LogP contribution in [-0.2, 0) is 9.59 Å². The Hall–Kier alpha value is -1.68. The summed E-state index contributed by atoms with van der Waals surface area (Å²) in [5.41, 5.74) is 1.82. The van der Waals surface area contributed by atoms with Crippen LogP contribution in [0.3, 0.4) is 0 Å². The molecular formula is C16H20N2O2. The number of nitrogens with zero attached hydrogens (tertiary/aromatic N) is 2. The molecule has 4 nitrogen and oxygen atoms in total. The third-order valence-corrected chi connectivity index (χ3v) is 4.25. The first-order chi connectivity index (χ1) is 9.66. The molecule has 0 aliphatic carbocycles. The van der Waals surface area contributed by atoms with Gasteiger partial charge < -0.3 is 0 Å². The van der Waals surface area contributed by atoms with Crippen molar-refractivity contribution in [3.63, 3.8) is 0 Å². The third-order valence-electron chi connectivity index (χ3n) is 4.25. The molecule has 0 bridgehead atoms. The lowest BCUT2D eigenvalue weighted by Gasteiger charge is -2.30. The number of anilines is 1. The van der Waals surface area contributed by atoms with Crippen molar-refractivity contribution in [2.75, 3.05) is 18.0 Å². The molecule has 1 aromatic rings. The van der Waals surface area contributed by atoms with Crippen molar-refractivity contribution in [3.05, 3.63) is 29.8 Å². The van der Waals surface area contributed by atoms with E-state index < -0.39 is 0 Å². The van der Waals surface area contributed by atoms with Crippen molar-refractivity contribution in [3.8, 4) is 0 Å². The molecule has 2 aliphatic heterocycles. The summed E-state index contributed by atoms with van der Waals surface area (Å²) in [6.07, 6.45) is 3.81. The van der Waals surface area contributed by atoms with Crippen LogP contribution in [0.5, 0.6) is 0 Å². The molecule has 106 valence electrons. The second-order valence-electron chi connectivity index (χ2n) is 5.72. The molecule has 1 aromatic carbocycles. The number of likely N-dealkylation sites (tertiary alicyclic amines) is 1. The van der Waals surface area contributed by atoms with E-state index in [-0.39, 0.29) is 17.9 Å². The molecule has 1 atom stereocenters. The van der Waals surface area contributed by atoms with E-state index in [4.69, 9.17) is 0 Å². The largest absolute Gasteiger partial charge is 0.292 e. The third kappa shape index (κ3) is 2.36. The van der Waals surface area contributed by atoms with Gasteiger partial charge in [-0.2, -0.15) is 0 Å². The first-order valence-corrected chi connectivity index (χ1v) is 7.34. The van der Waals surface area contributed by atoms with E-state index in [2.05, 4.69) is 4.90 Å². The van der Waals surface area contributed by atoms with Gasteiger partial charge in [-0.05, 0) is 45.0 Å². The Bertz CT molecular complexity index is 518. The summed E-state index contributed by atoms with van der Waals surface area (Å²) in [6.45, 7) is 3.87. The lowest BCUT2D eigenvalue weighted by molar-refractivity contribution is -0.123. The van der Waals surface area contributed by atoms with Gasteiger partial charge in [-0.25, -0.2) is 4.90 Å². The Balaban J connectivity index is 1.81. The van der Waals surface area contributed by atoms with Crippen LogP contribution in [0.15, 0.2) is 24.3 Å².